The lowest BCUT2D eigenvalue weighted by atomic mass is 9.90. The van der Waals surface area contributed by atoms with Gasteiger partial charge in [-0.1, -0.05) is 18.2 Å². The summed E-state index contributed by atoms with van der Waals surface area (Å²) in [6, 6.07) is 12.7. The highest BCUT2D eigenvalue weighted by atomic mass is 16.5. The summed E-state index contributed by atoms with van der Waals surface area (Å²) in [5.41, 5.74) is 2.56. The average molecular weight is 425 g/mol. The first kappa shape index (κ1) is 22.1. The molecule has 4 rings (SSSR count). The van der Waals surface area contributed by atoms with Crippen LogP contribution in [0.5, 0.6) is 11.6 Å². The minimum atomic E-state index is 0.259. The lowest BCUT2D eigenvalue weighted by Crippen LogP contribution is -2.33. The molecule has 0 spiro atoms. The molecule has 1 unspecified atom stereocenters. The molecule has 1 aromatic carbocycles. The lowest BCUT2D eigenvalue weighted by Gasteiger charge is -2.32. The number of piperidine rings is 1. The molecule has 0 saturated carbocycles. The second-order valence-corrected chi connectivity index (χ2v) is 8.88. The van der Waals surface area contributed by atoms with Gasteiger partial charge in [0.15, 0.2) is 0 Å². The van der Waals surface area contributed by atoms with Crippen molar-refractivity contribution in [2.45, 2.75) is 57.6 Å². The van der Waals surface area contributed by atoms with Crippen LogP contribution in [-0.2, 0) is 17.7 Å². The fraction of sp³-hybridized carbons (Fsp3) is 0.577. The summed E-state index contributed by atoms with van der Waals surface area (Å²) < 4.78 is 17.2. The largest absolute Gasteiger partial charge is 0.491 e. The van der Waals surface area contributed by atoms with Crippen molar-refractivity contribution in [3.8, 4) is 11.6 Å². The van der Waals surface area contributed by atoms with Gasteiger partial charge in [-0.3, -0.25) is 4.90 Å². The molecule has 2 aliphatic rings. The Hall–Kier alpha value is -2.11. The molecule has 5 heteroatoms. The zero-order valence-electron chi connectivity index (χ0n) is 18.8. The van der Waals surface area contributed by atoms with Crippen LogP contribution in [0.3, 0.4) is 0 Å². The van der Waals surface area contributed by atoms with Crippen molar-refractivity contribution in [3.05, 3.63) is 53.7 Å². The minimum absolute atomic E-state index is 0.259. The van der Waals surface area contributed by atoms with Gasteiger partial charge >= 0.3 is 0 Å². The lowest BCUT2D eigenvalue weighted by molar-refractivity contribution is -0.0110. The van der Waals surface area contributed by atoms with E-state index in [0.29, 0.717) is 6.61 Å². The molecule has 2 fully saturated rings. The van der Waals surface area contributed by atoms with Crippen LogP contribution in [0.2, 0.25) is 0 Å². The standard InChI is InChI=1S/C26H36N2O3/c1-29-26-23(7-5-14-27-26)19-28-15-12-21(13-16-28)10-11-22-6-4-9-24(18-22)31-20-25-8-2-3-17-30-25/h4-7,9,14,18,21,25H,2-3,8,10-13,15-17,19-20H2,1H3. The van der Waals surface area contributed by atoms with Crippen LogP contribution in [0.1, 0.15) is 49.7 Å². The van der Waals surface area contributed by atoms with E-state index in [4.69, 9.17) is 14.2 Å². The van der Waals surface area contributed by atoms with Gasteiger partial charge in [0.05, 0.1) is 13.2 Å². The van der Waals surface area contributed by atoms with Crippen molar-refractivity contribution in [1.29, 1.82) is 0 Å². The number of methoxy groups -OCH3 is 1. The van der Waals surface area contributed by atoms with Crippen molar-refractivity contribution in [2.24, 2.45) is 5.92 Å². The highest BCUT2D eigenvalue weighted by Crippen LogP contribution is 2.26. The molecular formula is C26H36N2O3. The van der Waals surface area contributed by atoms with Crippen LogP contribution in [0, 0.1) is 5.92 Å². The number of aromatic nitrogens is 1. The average Bonchev–Trinajstić information content (AvgIpc) is 2.84. The third-order valence-corrected chi connectivity index (χ3v) is 6.59. The van der Waals surface area contributed by atoms with Gasteiger partial charge in [0.2, 0.25) is 5.88 Å². The van der Waals surface area contributed by atoms with E-state index in [2.05, 4.69) is 40.2 Å². The number of hydrogen-bond acceptors (Lipinski definition) is 5. The van der Waals surface area contributed by atoms with Gasteiger partial charge in [0.1, 0.15) is 12.4 Å². The predicted octanol–water partition coefficient (Wildman–Crippen LogP) is 4.88. The Morgan fingerprint density at radius 2 is 2.00 bits per heavy atom. The van der Waals surface area contributed by atoms with Crippen molar-refractivity contribution < 1.29 is 14.2 Å². The second-order valence-electron chi connectivity index (χ2n) is 8.88. The van der Waals surface area contributed by atoms with Crippen molar-refractivity contribution in [2.75, 3.05) is 33.4 Å². The SMILES string of the molecule is COc1ncccc1CN1CCC(CCc2cccc(OCC3CCCCO3)c2)CC1. The third kappa shape index (κ3) is 6.68. The predicted molar refractivity (Wildman–Crippen MR) is 123 cm³/mol. The normalized spacial score (nSPS) is 20.5. The summed E-state index contributed by atoms with van der Waals surface area (Å²) in [5.74, 6) is 2.53. The Morgan fingerprint density at radius 3 is 2.81 bits per heavy atom. The van der Waals surface area contributed by atoms with E-state index in [1.54, 1.807) is 13.3 Å². The molecule has 0 N–H and O–H groups in total. The summed E-state index contributed by atoms with van der Waals surface area (Å²) in [6.45, 7) is 4.76. The van der Waals surface area contributed by atoms with E-state index in [0.717, 1.165) is 56.6 Å². The number of ether oxygens (including phenoxy) is 3. The van der Waals surface area contributed by atoms with Crippen LogP contribution in [0.15, 0.2) is 42.6 Å². The molecule has 168 valence electrons. The first-order valence-corrected chi connectivity index (χ1v) is 11.8. The maximum absolute atomic E-state index is 6.02. The van der Waals surface area contributed by atoms with E-state index < -0.39 is 0 Å². The van der Waals surface area contributed by atoms with Gasteiger partial charge in [-0.25, -0.2) is 4.98 Å². The molecule has 1 atom stereocenters. The molecule has 2 aliphatic heterocycles. The van der Waals surface area contributed by atoms with Gasteiger partial charge < -0.3 is 14.2 Å². The maximum atomic E-state index is 6.02. The van der Waals surface area contributed by atoms with E-state index in [-0.39, 0.29) is 6.10 Å². The fourth-order valence-electron chi connectivity index (χ4n) is 4.69. The zero-order chi connectivity index (χ0) is 21.3. The fourth-order valence-corrected chi connectivity index (χ4v) is 4.69. The van der Waals surface area contributed by atoms with E-state index in [1.807, 2.05) is 6.07 Å². The van der Waals surface area contributed by atoms with Gasteiger partial charge in [-0.05, 0) is 87.7 Å². The highest BCUT2D eigenvalue weighted by Gasteiger charge is 2.20. The Bertz CT molecular complexity index is 799. The Balaban J connectivity index is 1.19. The molecule has 3 heterocycles. The molecule has 1 aromatic heterocycles. The molecule has 0 aliphatic carbocycles. The van der Waals surface area contributed by atoms with E-state index >= 15 is 0 Å². The number of rotatable bonds is 9. The Labute approximate surface area is 186 Å². The minimum Gasteiger partial charge on any atom is -0.491 e. The van der Waals surface area contributed by atoms with Crippen molar-refractivity contribution in [1.82, 2.24) is 9.88 Å². The number of nitrogens with zero attached hydrogens (tertiary/aromatic N) is 2. The van der Waals surface area contributed by atoms with Gasteiger partial charge in [-0.2, -0.15) is 0 Å². The quantitative estimate of drug-likeness (QED) is 0.574. The molecule has 31 heavy (non-hydrogen) atoms. The number of hydrogen-bond donors (Lipinski definition) is 0. The number of likely N-dealkylation sites (tertiary alicyclic amines) is 1. The molecule has 0 bridgehead atoms. The van der Waals surface area contributed by atoms with Crippen LogP contribution in [-0.4, -0.2) is 49.4 Å². The van der Waals surface area contributed by atoms with Gasteiger partial charge in [0.25, 0.3) is 0 Å². The third-order valence-electron chi connectivity index (χ3n) is 6.59. The molecule has 5 nitrogen and oxygen atoms in total. The van der Waals surface area contributed by atoms with Crippen LogP contribution < -0.4 is 9.47 Å². The van der Waals surface area contributed by atoms with E-state index in [1.165, 1.54) is 43.2 Å². The Kier molecular flexibility index (Phi) is 8.19. The first-order chi connectivity index (χ1) is 15.3. The van der Waals surface area contributed by atoms with E-state index in [9.17, 15) is 0 Å². The summed E-state index contributed by atoms with van der Waals surface area (Å²) in [4.78, 5) is 6.85. The van der Waals surface area contributed by atoms with Crippen LogP contribution in [0.4, 0.5) is 0 Å². The summed E-state index contributed by atoms with van der Waals surface area (Å²) in [7, 11) is 1.70. The molecule has 2 saturated heterocycles. The maximum Gasteiger partial charge on any atom is 0.217 e. The Morgan fingerprint density at radius 1 is 1.10 bits per heavy atom. The highest BCUT2D eigenvalue weighted by molar-refractivity contribution is 5.28. The summed E-state index contributed by atoms with van der Waals surface area (Å²) >= 11 is 0. The number of benzene rings is 1. The molecular weight excluding hydrogens is 388 g/mol. The van der Waals surface area contributed by atoms with Gasteiger partial charge in [-0.15, -0.1) is 0 Å². The van der Waals surface area contributed by atoms with Gasteiger partial charge in [0, 0.05) is 24.9 Å². The van der Waals surface area contributed by atoms with Crippen molar-refractivity contribution >= 4 is 0 Å². The monoisotopic (exact) mass is 424 g/mol. The zero-order valence-corrected chi connectivity index (χ0v) is 18.8. The van der Waals surface area contributed by atoms with Crippen molar-refractivity contribution in [3.63, 3.8) is 0 Å². The number of aryl methyl sites for hydroxylation is 1. The summed E-state index contributed by atoms with van der Waals surface area (Å²) in [6.07, 6.45) is 10.5. The van der Waals surface area contributed by atoms with Crippen LogP contribution in [0.25, 0.3) is 0 Å². The second kappa shape index (κ2) is 11.5. The number of pyridine rings is 1. The molecule has 0 radical (unpaired) electrons. The topological polar surface area (TPSA) is 43.8 Å². The smallest absolute Gasteiger partial charge is 0.217 e. The summed E-state index contributed by atoms with van der Waals surface area (Å²) in [5, 5.41) is 0. The molecule has 2 aromatic rings. The van der Waals surface area contributed by atoms with Crippen LogP contribution >= 0.6 is 0 Å². The molecule has 0 amide bonds. The first-order valence-electron chi connectivity index (χ1n) is 11.8.